The van der Waals surface area contributed by atoms with E-state index in [0.717, 1.165) is 12.8 Å². The lowest BCUT2D eigenvalue weighted by atomic mass is 10.1. The molecule has 0 saturated heterocycles. The van der Waals surface area contributed by atoms with Crippen LogP contribution in [0.3, 0.4) is 0 Å². The topological polar surface area (TPSA) is 35.5 Å². The molecule has 0 amide bonds. The number of carbonyl (C=O) groups is 1. The molecule has 0 rings (SSSR count). The van der Waals surface area contributed by atoms with Crippen LogP contribution in [0.15, 0.2) is 0 Å². The number of hydrogen-bond donors (Lipinski definition) is 0. The lowest BCUT2D eigenvalue weighted by Gasteiger charge is -2.10. The Balaban J connectivity index is 3.32. The summed E-state index contributed by atoms with van der Waals surface area (Å²) in [5, 5.41) is 0. The van der Waals surface area contributed by atoms with Gasteiger partial charge >= 0.3 is 6.16 Å². The van der Waals surface area contributed by atoms with Crippen molar-refractivity contribution in [1.29, 1.82) is 0 Å². The van der Waals surface area contributed by atoms with Crippen molar-refractivity contribution in [3.8, 4) is 0 Å². The summed E-state index contributed by atoms with van der Waals surface area (Å²) in [7, 11) is 1.32. The van der Waals surface area contributed by atoms with E-state index < -0.39 is 6.16 Å². The number of ether oxygens (including phenoxy) is 2. The van der Waals surface area contributed by atoms with Gasteiger partial charge in [0, 0.05) is 0 Å². The minimum atomic E-state index is -0.584. The van der Waals surface area contributed by atoms with E-state index in [9.17, 15) is 4.79 Å². The average Bonchev–Trinajstić information content (AvgIpc) is 2.05. The van der Waals surface area contributed by atoms with Crippen molar-refractivity contribution in [3.63, 3.8) is 0 Å². The molecule has 0 heterocycles. The van der Waals surface area contributed by atoms with E-state index in [4.69, 9.17) is 4.74 Å². The van der Waals surface area contributed by atoms with Crippen molar-refractivity contribution < 1.29 is 14.3 Å². The first kappa shape index (κ1) is 11.3. The second kappa shape index (κ2) is 6.95. The highest BCUT2D eigenvalue weighted by atomic mass is 16.7. The summed E-state index contributed by atoms with van der Waals surface area (Å²) in [6.07, 6.45) is 3.79. The van der Waals surface area contributed by atoms with Crippen molar-refractivity contribution in [2.45, 2.75) is 45.6 Å². The van der Waals surface area contributed by atoms with Gasteiger partial charge in [-0.05, 0) is 19.8 Å². The highest BCUT2D eigenvalue weighted by Crippen LogP contribution is 2.06. The van der Waals surface area contributed by atoms with Crippen molar-refractivity contribution in [3.05, 3.63) is 0 Å². The van der Waals surface area contributed by atoms with E-state index in [1.165, 1.54) is 20.0 Å². The fourth-order valence-corrected chi connectivity index (χ4v) is 0.953. The van der Waals surface area contributed by atoms with Gasteiger partial charge in [-0.15, -0.1) is 0 Å². The third kappa shape index (κ3) is 6.01. The molecular formula is C9H18O3. The van der Waals surface area contributed by atoms with Gasteiger partial charge in [0.05, 0.1) is 7.11 Å². The molecule has 0 fully saturated rings. The summed E-state index contributed by atoms with van der Waals surface area (Å²) in [6, 6.07) is 0. The molecule has 0 N–H and O–H groups in total. The Morgan fingerprint density at radius 2 is 2.08 bits per heavy atom. The number of unbranched alkanes of at least 4 members (excludes halogenated alkanes) is 2. The van der Waals surface area contributed by atoms with Crippen LogP contribution in [0.2, 0.25) is 0 Å². The summed E-state index contributed by atoms with van der Waals surface area (Å²) >= 11 is 0. The number of methoxy groups -OCH3 is 1. The van der Waals surface area contributed by atoms with E-state index in [2.05, 4.69) is 11.7 Å². The number of carbonyl (C=O) groups excluding carboxylic acids is 1. The minimum absolute atomic E-state index is 0.0241. The largest absolute Gasteiger partial charge is 0.508 e. The van der Waals surface area contributed by atoms with Crippen molar-refractivity contribution in [2.24, 2.45) is 0 Å². The molecule has 1 atom stereocenters. The first-order valence-corrected chi connectivity index (χ1v) is 4.45. The summed E-state index contributed by atoms with van der Waals surface area (Å²) in [5.74, 6) is 0. The van der Waals surface area contributed by atoms with Crippen LogP contribution >= 0.6 is 0 Å². The third-order valence-corrected chi connectivity index (χ3v) is 1.68. The summed E-state index contributed by atoms with van der Waals surface area (Å²) in [4.78, 5) is 10.6. The lowest BCUT2D eigenvalue weighted by molar-refractivity contribution is 0.0398. The first-order valence-electron chi connectivity index (χ1n) is 4.45. The highest BCUT2D eigenvalue weighted by molar-refractivity contribution is 5.59. The average molecular weight is 174 g/mol. The molecule has 3 nitrogen and oxygen atoms in total. The van der Waals surface area contributed by atoms with Crippen LogP contribution in [0, 0.1) is 0 Å². The van der Waals surface area contributed by atoms with Gasteiger partial charge in [-0.1, -0.05) is 19.8 Å². The van der Waals surface area contributed by atoms with Crippen molar-refractivity contribution in [1.82, 2.24) is 0 Å². The Morgan fingerprint density at radius 3 is 2.58 bits per heavy atom. The molecule has 0 saturated carbocycles. The molecule has 0 aromatic rings. The van der Waals surface area contributed by atoms with Gasteiger partial charge in [0.25, 0.3) is 0 Å². The van der Waals surface area contributed by atoms with Crippen LogP contribution in [-0.4, -0.2) is 19.4 Å². The van der Waals surface area contributed by atoms with Crippen LogP contribution in [0.1, 0.15) is 39.5 Å². The van der Waals surface area contributed by atoms with Crippen LogP contribution in [0.5, 0.6) is 0 Å². The van der Waals surface area contributed by atoms with Crippen molar-refractivity contribution >= 4 is 6.16 Å². The lowest BCUT2D eigenvalue weighted by Crippen LogP contribution is -2.14. The minimum Gasteiger partial charge on any atom is -0.438 e. The number of rotatable bonds is 5. The molecule has 0 aliphatic carbocycles. The molecule has 0 aromatic heterocycles. The maximum absolute atomic E-state index is 10.6. The zero-order valence-corrected chi connectivity index (χ0v) is 8.13. The molecule has 0 aromatic carbocycles. The van der Waals surface area contributed by atoms with Gasteiger partial charge < -0.3 is 9.47 Å². The summed E-state index contributed by atoms with van der Waals surface area (Å²) in [5.41, 5.74) is 0. The predicted octanol–water partition coefficient (Wildman–Crippen LogP) is 2.74. The van der Waals surface area contributed by atoms with E-state index in [0.29, 0.717) is 0 Å². The number of hydrogen-bond acceptors (Lipinski definition) is 3. The molecule has 72 valence electrons. The third-order valence-electron chi connectivity index (χ3n) is 1.68. The van der Waals surface area contributed by atoms with E-state index in [1.54, 1.807) is 0 Å². The molecule has 1 unspecified atom stereocenters. The zero-order valence-electron chi connectivity index (χ0n) is 8.13. The van der Waals surface area contributed by atoms with Crippen LogP contribution in [0.4, 0.5) is 4.79 Å². The zero-order chi connectivity index (χ0) is 9.40. The normalized spacial score (nSPS) is 12.2. The highest BCUT2D eigenvalue weighted by Gasteiger charge is 2.07. The fourth-order valence-electron chi connectivity index (χ4n) is 0.953. The summed E-state index contributed by atoms with van der Waals surface area (Å²) < 4.78 is 9.25. The Morgan fingerprint density at radius 1 is 1.42 bits per heavy atom. The Labute approximate surface area is 74.0 Å². The molecule has 0 aliphatic rings. The Bertz CT molecular complexity index is 123. The molecular weight excluding hydrogens is 156 g/mol. The standard InChI is InChI=1S/C9H18O3/c1-4-5-6-7-8(2)12-9(10)11-3/h8H,4-7H2,1-3H3. The van der Waals surface area contributed by atoms with Crippen LogP contribution < -0.4 is 0 Å². The Kier molecular flexibility index (Phi) is 6.53. The maximum Gasteiger partial charge on any atom is 0.508 e. The quantitative estimate of drug-likeness (QED) is 0.475. The van der Waals surface area contributed by atoms with E-state index >= 15 is 0 Å². The fraction of sp³-hybridized carbons (Fsp3) is 0.889. The van der Waals surface area contributed by atoms with Crippen LogP contribution in [0.25, 0.3) is 0 Å². The van der Waals surface area contributed by atoms with Gasteiger partial charge in [0.1, 0.15) is 6.10 Å². The van der Waals surface area contributed by atoms with E-state index in [1.807, 2.05) is 6.92 Å². The second-order valence-corrected chi connectivity index (χ2v) is 2.88. The summed E-state index contributed by atoms with van der Waals surface area (Å²) in [6.45, 7) is 4.03. The van der Waals surface area contributed by atoms with Gasteiger partial charge in [0.2, 0.25) is 0 Å². The monoisotopic (exact) mass is 174 g/mol. The maximum atomic E-state index is 10.6. The Hall–Kier alpha value is -0.730. The van der Waals surface area contributed by atoms with Crippen LogP contribution in [-0.2, 0) is 9.47 Å². The predicted molar refractivity (Wildman–Crippen MR) is 47.1 cm³/mol. The van der Waals surface area contributed by atoms with Gasteiger partial charge in [-0.25, -0.2) is 4.79 Å². The van der Waals surface area contributed by atoms with Crippen molar-refractivity contribution in [2.75, 3.05) is 7.11 Å². The first-order chi connectivity index (χ1) is 5.70. The molecule has 0 spiro atoms. The van der Waals surface area contributed by atoms with Gasteiger partial charge in [-0.2, -0.15) is 0 Å². The molecule has 0 bridgehead atoms. The van der Waals surface area contributed by atoms with Gasteiger partial charge in [0.15, 0.2) is 0 Å². The SMILES string of the molecule is CCCCCC(C)OC(=O)OC. The molecule has 0 aliphatic heterocycles. The molecule has 3 heteroatoms. The second-order valence-electron chi connectivity index (χ2n) is 2.88. The van der Waals surface area contributed by atoms with Gasteiger partial charge in [-0.3, -0.25) is 0 Å². The molecule has 0 radical (unpaired) electrons. The molecule has 12 heavy (non-hydrogen) atoms. The van der Waals surface area contributed by atoms with E-state index in [-0.39, 0.29) is 6.10 Å². The smallest absolute Gasteiger partial charge is 0.438 e.